The van der Waals surface area contributed by atoms with E-state index in [1.54, 1.807) is 0 Å². The summed E-state index contributed by atoms with van der Waals surface area (Å²) < 4.78 is 5.41. The smallest absolute Gasteiger partial charge is 0.652 e. The third kappa shape index (κ3) is 8.59. The van der Waals surface area contributed by atoms with Gasteiger partial charge in [-0.3, -0.25) is 24.8 Å². The minimum absolute atomic E-state index is 0. The van der Waals surface area contributed by atoms with Gasteiger partial charge in [0.05, 0.1) is 5.39 Å². The number of carbonyl (C=O) groups is 3. The van der Waals surface area contributed by atoms with Crippen LogP contribution in [0.15, 0.2) is 22.7 Å². The second kappa shape index (κ2) is 14.7. The summed E-state index contributed by atoms with van der Waals surface area (Å²) in [6.07, 6.45) is -2.07. The van der Waals surface area contributed by atoms with Crippen molar-refractivity contribution in [3.63, 3.8) is 0 Å². The van der Waals surface area contributed by atoms with Gasteiger partial charge in [-0.15, -0.1) is 0 Å². The van der Waals surface area contributed by atoms with Gasteiger partial charge in [0.25, 0.3) is 0 Å². The maximum absolute atomic E-state index is 12.2. The Morgan fingerprint density at radius 2 is 1.88 bits per heavy atom. The van der Waals surface area contributed by atoms with Crippen molar-refractivity contribution in [3.8, 4) is 0 Å². The third-order valence-corrected chi connectivity index (χ3v) is 5.74. The molecular weight excluding hydrogens is 496 g/mol. The van der Waals surface area contributed by atoms with Crippen molar-refractivity contribution < 1.29 is 132 Å². The minimum Gasteiger partial charge on any atom is -0.652 e. The van der Waals surface area contributed by atoms with Crippen molar-refractivity contribution in [3.05, 3.63) is 23.8 Å². The van der Waals surface area contributed by atoms with Crippen LogP contribution in [0.5, 0.6) is 0 Å². The van der Waals surface area contributed by atoms with Crippen molar-refractivity contribution >= 4 is 34.9 Å². The van der Waals surface area contributed by atoms with Crippen LogP contribution in [0.1, 0.15) is 32.8 Å². The van der Waals surface area contributed by atoms with Crippen LogP contribution in [0.3, 0.4) is 0 Å². The molecule has 2 aromatic rings. The summed E-state index contributed by atoms with van der Waals surface area (Å²) in [6.45, 7) is 11.1. The molecule has 1 aromatic heterocycles. The van der Waals surface area contributed by atoms with Gasteiger partial charge in [-0.2, -0.15) is 0 Å². The molecule has 174 valence electrons. The molecule has 2 aliphatic heterocycles. The van der Waals surface area contributed by atoms with Crippen molar-refractivity contribution in [1.82, 2.24) is 20.3 Å². The van der Waals surface area contributed by atoms with E-state index in [0.29, 0.717) is 30.0 Å². The summed E-state index contributed by atoms with van der Waals surface area (Å²) in [4.78, 5) is 38.4. The normalized spacial score (nSPS) is 19.1. The quantitative estimate of drug-likeness (QED) is 0.387. The minimum atomic E-state index is -2.33. The van der Waals surface area contributed by atoms with Crippen molar-refractivity contribution in [2.45, 2.75) is 45.8 Å². The number of nitrogens with zero attached hydrogens (tertiary/aromatic N) is 4. The molecule has 1 aromatic carbocycles. The van der Waals surface area contributed by atoms with Gasteiger partial charge in [0.1, 0.15) is 0 Å². The van der Waals surface area contributed by atoms with Crippen LogP contribution >= 0.6 is 0 Å². The molecule has 3 amide bonds. The standard InChI is InChI=1S/C20H27N5O3.CH2O3.2K/c1-13(2)23-8-9-24(14(3)11-23)12-15-4-5-17-16(10-15)19(22-28-17)25-7-6-18(26)21-20(25)27;2-1(3)4;;/h4-5,10,13-14H,6-9,11-12H2,1-3H3,(H,21,26,27);(H2,2,3,4);;/q;;2*+1/p-2/t14-;;;/m1.../s1. The number of amides is 3. The fraction of sp³-hybridized carbons (Fsp3) is 0.524. The van der Waals surface area contributed by atoms with E-state index in [0.717, 1.165) is 37.1 Å². The van der Waals surface area contributed by atoms with Gasteiger partial charge in [0, 0.05) is 51.2 Å². The molecule has 3 heterocycles. The molecule has 2 saturated heterocycles. The molecule has 2 fully saturated rings. The molecular formula is C21H27K2N5O6. The summed E-state index contributed by atoms with van der Waals surface area (Å²) in [5, 5.41) is 23.9. The number of nitrogens with one attached hydrogen (secondary N) is 1. The van der Waals surface area contributed by atoms with E-state index in [4.69, 9.17) is 19.5 Å². The first-order valence-electron chi connectivity index (χ1n) is 10.5. The Labute approximate surface area is 283 Å². The molecule has 13 heteroatoms. The Morgan fingerprint density at radius 3 is 2.47 bits per heavy atom. The molecule has 11 nitrogen and oxygen atoms in total. The molecule has 1 atom stereocenters. The number of piperazine rings is 1. The number of carbonyl (C=O) groups excluding carboxylic acids is 3. The molecule has 0 aliphatic carbocycles. The second-order valence-electron chi connectivity index (χ2n) is 8.25. The molecule has 0 saturated carbocycles. The first kappa shape index (κ1) is 32.1. The van der Waals surface area contributed by atoms with E-state index in [1.165, 1.54) is 4.90 Å². The number of anilines is 1. The first-order valence-corrected chi connectivity index (χ1v) is 10.5. The summed E-state index contributed by atoms with van der Waals surface area (Å²) in [5.74, 6) is 0.212. The largest absolute Gasteiger partial charge is 1.00 e. The van der Waals surface area contributed by atoms with Gasteiger partial charge in [0.2, 0.25) is 5.91 Å². The molecule has 0 spiro atoms. The number of hydrogen-bond donors (Lipinski definition) is 1. The Kier molecular flexibility index (Phi) is 13.9. The number of aromatic nitrogens is 1. The average Bonchev–Trinajstić information content (AvgIpc) is 3.12. The van der Waals surface area contributed by atoms with Gasteiger partial charge in [-0.05, 0) is 44.6 Å². The van der Waals surface area contributed by atoms with Crippen LogP contribution in [0.4, 0.5) is 15.4 Å². The number of imide groups is 1. The van der Waals surface area contributed by atoms with Gasteiger partial charge < -0.3 is 19.5 Å². The van der Waals surface area contributed by atoms with Crippen molar-refractivity contribution in [1.29, 1.82) is 0 Å². The molecule has 34 heavy (non-hydrogen) atoms. The number of urea groups is 1. The molecule has 1 N–H and O–H groups in total. The van der Waals surface area contributed by atoms with Gasteiger partial charge in [0.15, 0.2) is 11.4 Å². The van der Waals surface area contributed by atoms with Crippen LogP contribution < -0.4 is 123 Å². The zero-order chi connectivity index (χ0) is 23.4. The molecule has 2 aliphatic rings. The van der Waals surface area contributed by atoms with Gasteiger partial charge >= 0.3 is 109 Å². The number of hydrogen-bond acceptors (Lipinski definition) is 9. The van der Waals surface area contributed by atoms with Crippen molar-refractivity contribution in [2.75, 3.05) is 31.1 Å². The van der Waals surface area contributed by atoms with Crippen LogP contribution in [-0.2, 0) is 11.3 Å². The van der Waals surface area contributed by atoms with Gasteiger partial charge in [-0.25, -0.2) is 4.79 Å². The Morgan fingerprint density at radius 1 is 1.21 bits per heavy atom. The number of rotatable bonds is 4. The molecule has 0 radical (unpaired) electrons. The number of carboxylic acid groups (broad SMARTS) is 2. The zero-order valence-corrected chi connectivity index (χ0v) is 26.6. The topological polar surface area (TPSA) is 145 Å². The predicted molar refractivity (Wildman–Crippen MR) is 111 cm³/mol. The maximum atomic E-state index is 12.2. The predicted octanol–water partition coefficient (Wildman–Crippen LogP) is -6.25. The average molecular weight is 524 g/mol. The SMILES string of the molecule is CC(C)N1CCN(Cc2ccc3onc(N4CCC(=O)NC4=O)c3c2)[C@H](C)C1.O=C([O-])[O-].[K+].[K+]. The van der Waals surface area contributed by atoms with E-state index in [1.807, 2.05) is 12.1 Å². The Bertz CT molecular complexity index is 997. The second-order valence-corrected chi connectivity index (χ2v) is 8.25. The third-order valence-electron chi connectivity index (χ3n) is 5.74. The van der Waals surface area contributed by atoms with E-state index >= 15 is 0 Å². The van der Waals surface area contributed by atoms with Crippen LogP contribution in [0.2, 0.25) is 0 Å². The number of benzene rings is 1. The monoisotopic (exact) mass is 523 g/mol. The van der Waals surface area contributed by atoms with Crippen LogP contribution in [0, 0.1) is 0 Å². The van der Waals surface area contributed by atoms with Crippen molar-refractivity contribution in [2.24, 2.45) is 0 Å². The van der Waals surface area contributed by atoms with E-state index < -0.39 is 12.2 Å². The molecule has 0 unspecified atom stereocenters. The molecule has 4 rings (SSSR count). The summed E-state index contributed by atoms with van der Waals surface area (Å²) in [7, 11) is 0. The Hall–Kier alpha value is 0.0927. The fourth-order valence-electron chi connectivity index (χ4n) is 3.99. The van der Waals surface area contributed by atoms with E-state index in [9.17, 15) is 9.59 Å². The summed E-state index contributed by atoms with van der Waals surface area (Å²) in [5.41, 5.74) is 1.80. The summed E-state index contributed by atoms with van der Waals surface area (Å²) >= 11 is 0. The first-order chi connectivity index (χ1) is 15.2. The fourth-order valence-corrected chi connectivity index (χ4v) is 3.99. The summed E-state index contributed by atoms with van der Waals surface area (Å²) in [6, 6.07) is 6.61. The Balaban J connectivity index is 0.000000895. The van der Waals surface area contributed by atoms with Gasteiger partial charge in [-0.1, -0.05) is 11.2 Å². The van der Waals surface area contributed by atoms with E-state index in [-0.39, 0.29) is 115 Å². The molecule has 0 bridgehead atoms. The zero-order valence-electron chi connectivity index (χ0n) is 20.4. The van der Waals surface area contributed by atoms with Crippen LogP contribution in [0.25, 0.3) is 11.0 Å². The van der Waals surface area contributed by atoms with E-state index in [2.05, 4.69) is 47.1 Å². The number of fused-ring (bicyclic) bond motifs is 1. The van der Waals surface area contributed by atoms with Crippen LogP contribution in [-0.4, -0.2) is 71.3 Å². The maximum Gasteiger partial charge on any atom is 1.00 e.